The van der Waals surface area contributed by atoms with E-state index in [-0.39, 0.29) is 6.29 Å². The van der Waals surface area contributed by atoms with E-state index in [2.05, 4.69) is 13.0 Å². The van der Waals surface area contributed by atoms with Crippen molar-refractivity contribution in [2.75, 3.05) is 0 Å². The standard InChI is InChI=1S/C10H16O2Si/c1-3-9-6-4-5-7-10(9)11-8(2)12-13/h4-8H,3H2,1-2,13H3. The molecule has 72 valence electrons. The van der Waals surface area contributed by atoms with E-state index in [4.69, 9.17) is 9.16 Å². The average molecular weight is 196 g/mol. The molecule has 1 atom stereocenters. The van der Waals surface area contributed by atoms with Crippen molar-refractivity contribution in [2.45, 2.75) is 26.6 Å². The third kappa shape index (κ3) is 2.86. The summed E-state index contributed by atoms with van der Waals surface area (Å²) in [4.78, 5) is 0. The van der Waals surface area contributed by atoms with E-state index in [1.807, 2.05) is 25.1 Å². The van der Waals surface area contributed by atoms with Crippen molar-refractivity contribution < 1.29 is 9.16 Å². The lowest BCUT2D eigenvalue weighted by molar-refractivity contribution is 0.0289. The summed E-state index contributed by atoms with van der Waals surface area (Å²) in [7, 11) is 0.708. The first-order chi connectivity index (χ1) is 6.27. The molecule has 1 aromatic rings. The van der Waals surface area contributed by atoms with Crippen molar-refractivity contribution in [1.29, 1.82) is 0 Å². The largest absolute Gasteiger partial charge is 0.466 e. The van der Waals surface area contributed by atoms with Crippen molar-refractivity contribution in [1.82, 2.24) is 0 Å². The first kappa shape index (κ1) is 10.3. The molecule has 0 saturated heterocycles. The Hall–Kier alpha value is -0.803. The molecule has 1 unspecified atom stereocenters. The van der Waals surface area contributed by atoms with Crippen LogP contribution in [-0.2, 0) is 10.8 Å². The molecule has 0 amide bonds. The van der Waals surface area contributed by atoms with E-state index < -0.39 is 0 Å². The van der Waals surface area contributed by atoms with Crippen LogP contribution in [0.2, 0.25) is 0 Å². The van der Waals surface area contributed by atoms with Gasteiger partial charge in [0.2, 0.25) is 0 Å². The maximum Gasteiger partial charge on any atom is 0.187 e. The zero-order valence-electron chi connectivity index (χ0n) is 8.41. The summed E-state index contributed by atoms with van der Waals surface area (Å²) in [6.07, 6.45) is 0.865. The number of benzene rings is 1. The summed E-state index contributed by atoms with van der Waals surface area (Å²) in [6.45, 7) is 4.04. The summed E-state index contributed by atoms with van der Waals surface area (Å²) in [5.41, 5.74) is 1.23. The first-order valence-electron chi connectivity index (χ1n) is 4.55. The smallest absolute Gasteiger partial charge is 0.187 e. The highest BCUT2D eigenvalue weighted by Gasteiger charge is 2.04. The highest BCUT2D eigenvalue weighted by atomic mass is 28.2. The molecule has 0 aliphatic heterocycles. The van der Waals surface area contributed by atoms with Gasteiger partial charge in [-0.3, -0.25) is 0 Å². The Bertz CT molecular complexity index is 263. The van der Waals surface area contributed by atoms with Crippen LogP contribution in [-0.4, -0.2) is 16.8 Å². The molecule has 0 aliphatic rings. The molecule has 0 N–H and O–H groups in total. The van der Waals surface area contributed by atoms with Crippen molar-refractivity contribution in [3.05, 3.63) is 29.8 Å². The first-order valence-corrected chi connectivity index (χ1v) is 5.37. The van der Waals surface area contributed by atoms with Gasteiger partial charge in [0, 0.05) is 0 Å². The van der Waals surface area contributed by atoms with Crippen LogP contribution in [0.4, 0.5) is 0 Å². The average Bonchev–Trinajstić information content (AvgIpc) is 2.18. The van der Waals surface area contributed by atoms with Gasteiger partial charge >= 0.3 is 0 Å². The minimum absolute atomic E-state index is 0.126. The second kappa shape index (κ2) is 5.04. The maximum atomic E-state index is 5.60. The van der Waals surface area contributed by atoms with E-state index in [1.54, 1.807) is 0 Å². The second-order valence-electron chi connectivity index (χ2n) is 2.88. The Morgan fingerprint density at radius 1 is 1.38 bits per heavy atom. The molecule has 0 fully saturated rings. The predicted molar refractivity (Wildman–Crippen MR) is 56.9 cm³/mol. The van der Waals surface area contributed by atoms with Crippen LogP contribution in [0.3, 0.4) is 0 Å². The quantitative estimate of drug-likeness (QED) is 0.533. The highest BCUT2D eigenvalue weighted by molar-refractivity contribution is 5.98. The summed E-state index contributed by atoms with van der Waals surface area (Å²) >= 11 is 0. The molecule has 1 rings (SSSR count). The lowest BCUT2D eigenvalue weighted by Crippen LogP contribution is -2.15. The molecular formula is C10H16O2Si. The van der Waals surface area contributed by atoms with Gasteiger partial charge in [0.15, 0.2) is 16.8 Å². The van der Waals surface area contributed by atoms with Crippen LogP contribution < -0.4 is 4.74 Å². The summed E-state index contributed by atoms with van der Waals surface area (Å²) in [5, 5.41) is 0. The molecule has 2 nitrogen and oxygen atoms in total. The van der Waals surface area contributed by atoms with Crippen molar-refractivity contribution >= 4 is 10.5 Å². The highest BCUT2D eigenvalue weighted by Crippen LogP contribution is 2.19. The van der Waals surface area contributed by atoms with Crippen LogP contribution in [0.5, 0.6) is 5.75 Å². The lowest BCUT2D eigenvalue weighted by atomic mass is 10.1. The van der Waals surface area contributed by atoms with E-state index in [1.165, 1.54) is 5.56 Å². The molecule has 13 heavy (non-hydrogen) atoms. The van der Waals surface area contributed by atoms with Gasteiger partial charge in [0.25, 0.3) is 0 Å². The topological polar surface area (TPSA) is 18.5 Å². The number of ether oxygens (including phenoxy) is 1. The fourth-order valence-electron chi connectivity index (χ4n) is 1.14. The maximum absolute atomic E-state index is 5.60. The van der Waals surface area contributed by atoms with Crippen LogP contribution >= 0.6 is 0 Å². The molecule has 0 heterocycles. The van der Waals surface area contributed by atoms with Crippen LogP contribution in [0.15, 0.2) is 24.3 Å². The van der Waals surface area contributed by atoms with Crippen molar-refractivity contribution in [3.63, 3.8) is 0 Å². The molecule has 0 saturated carbocycles. The van der Waals surface area contributed by atoms with Crippen molar-refractivity contribution in [2.24, 2.45) is 0 Å². The van der Waals surface area contributed by atoms with E-state index in [0.29, 0.717) is 10.5 Å². The lowest BCUT2D eigenvalue weighted by Gasteiger charge is -2.15. The van der Waals surface area contributed by atoms with Crippen LogP contribution in [0.1, 0.15) is 19.4 Å². The molecule has 3 heteroatoms. The van der Waals surface area contributed by atoms with Gasteiger partial charge in [-0.15, -0.1) is 0 Å². The molecule has 0 aliphatic carbocycles. The Morgan fingerprint density at radius 3 is 2.69 bits per heavy atom. The number of hydrogen-bond donors (Lipinski definition) is 0. The van der Waals surface area contributed by atoms with E-state index in [0.717, 1.165) is 12.2 Å². The summed E-state index contributed by atoms with van der Waals surface area (Å²) in [6, 6.07) is 8.07. The number of hydrogen-bond acceptors (Lipinski definition) is 2. The minimum Gasteiger partial charge on any atom is -0.466 e. The summed E-state index contributed by atoms with van der Waals surface area (Å²) in [5.74, 6) is 0.938. The molecule has 1 aromatic carbocycles. The molecule has 0 spiro atoms. The van der Waals surface area contributed by atoms with Gasteiger partial charge in [-0.2, -0.15) is 0 Å². The van der Waals surface area contributed by atoms with Gasteiger partial charge < -0.3 is 9.16 Å². The molecule has 0 bridgehead atoms. The Morgan fingerprint density at radius 2 is 2.08 bits per heavy atom. The van der Waals surface area contributed by atoms with Gasteiger partial charge in [-0.1, -0.05) is 25.1 Å². The monoisotopic (exact) mass is 196 g/mol. The van der Waals surface area contributed by atoms with Gasteiger partial charge in [-0.05, 0) is 25.0 Å². The van der Waals surface area contributed by atoms with E-state index >= 15 is 0 Å². The Kier molecular flexibility index (Phi) is 3.99. The minimum atomic E-state index is -0.126. The third-order valence-corrected chi connectivity index (χ3v) is 2.64. The van der Waals surface area contributed by atoms with Gasteiger partial charge in [-0.25, -0.2) is 0 Å². The van der Waals surface area contributed by atoms with Gasteiger partial charge in [0.1, 0.15) is 5.75 Å². The van der Waals surface area contributed by atoms with Gasteiger partial charge in [0.05, 0.1) is 0 Å². The van der Waals surface area contributed by atoms with Crippen LogP contribution in [0.25, 0.3) is 0 Å². The fourth-order valence-corrected chi connectivity index (χ4v) is 1.23. The molecular weight excluding hydrogens is 180 g/mol. The normalized spacial score (nSPS) is 12.8. The van der Waals surface area contributed by atoms with Crippen LogP contribution in [0, 0.1) is 0 Å². The zero-order valence-corrected chi connectivity index (χ0v) is 10.4. The third-order valence-electron chi connectivity index (χ3n) is 1.98. The van der Waals surface area contributed by atoms with Crippen molar-refractivity contribution in [3.8, 4) is 5.75 Å². The molecule has 0 radical (unpaired) electrons. The zero-order chi connectivity index (χ0) is 9.68. The Balaban J connectivity index is 2.74. The second-order valence-corrected chi connectivity index (χ2v) is 3.35. The van der Waals surface area contributed by atoms with E-state index in [9.17, 15) is 0 Å². The number of rotatable bonds is 4. The Labute approximate surface area is 82.4 Å². The predicted octanol–water partition coefficient (Wildman–Crippen LogP) is 1.27. The number of aryl methyl sites for hydroxylation is 1. The summed E-state index contributed by atoms with van der Waals surface area (Å²) < 4.78 is 10.8. The SMILES string of the molecule is CCc1ccccc1OC(C)O[SiH3]. The number of para-hydroxylation sites is 1. The fraction of sp³-hybridized carbons (Fsp3) is 0.400. The molecule has 0 aromatic heterocycles.